The van der Waals surface area contributed by atoms with E-state index in [0.29, 0.717) is 5.56 Å². The fraction of sp³-hybridized carbons (Fsp3) is 0.0625. The summed E-state index contributed by atoms with van der Waals surface area (Å²) in [4.78, 5) is 21.5. The lowest BCUT2D eigenvalue weighted by Gasteiger charge is -2.01. The molecule has 5 nitrogen and oxygen atoms in total. The number of non-ortho nitro benzene ring substituents is 1. The fourth-order valence-electron chi connectivity index (χ4n) is 1.90. The zero-order valence-corrected chi connectivity index (χ0v) is 11.4. The number of nitrogens with two attached hydrogens (primary N) is 1. The summed E-state index contributed by atoms with van der Waals surface area (Å²) < 4.78 is 0. The Morgan fingerprint density at radius 1 is 1.19 bits per heavy atom. The van der Waals surface area contributed by atoms with Gasteiger partial charge in [0.15, 0.2) is 0 Å². The molecule has 2 rings (SSSR count). The molecule has 0 heterocycles. The van der Waals surface area contributed by atoms with Crippen LogP contribution in [0.3, 0.4) is 0 Å². The summed E-state index contributed by atoms with van der Waals surface area (Å²) in [6.45, 7) is 1.88. The van der Waals surface area contributed by atoms with E-state index < -0.39 is 10.8 Å². The van der Waals surface area contributed by atoms with E-state index in [-0.39, 0.29) is 5.69 Å². The standard InChI is InChI=1S/C16H14N2O3/c1-11-5-8-15(18(20)21)10-13(11)7-6-12-3-2-4-14(9-12)16(17)19/h2-10H,1H3,(H2,17,19)/b7-6+. The highest BCUT2D eigenvalue weighted by atomic mass is 16.6. The lowest BCUT2D eigenvalue weighted by atomic mass is 10.0. The first-order chi connectivity index (χ1) is 9.97. The molecular weight excluding hydrogens is 268 g/mol. The molecule has 2 aromatic carbocycles. The molecule has 0 fully saturated rings. The minimum atomic E-state index is -0.489. The third-order valence-corrected chi connectivity index (χ3v) is 3.10. The number of hydrogen-bond acceptors (Lipinski definition) is 3. The zero-order valence-electron chi connectivity index (χ0n) is 11.4. The van der Waals surface area contributed by atoms with E-state index in [1.807, 2.05) is 13.0 Å². The second-order valence-corrected chi connectivity index (χ2v) is 4.62. The molecule has 2 N–H and O–H groups in total. The number of carbonyl (C=O) groups is 1. The van der Waals surface area contributed by atoms with Crippen molar-refractivity contribution in [3.05, 3.63) is 74.8 Å². The van der Waals surface area contributed by atoms with Crippen LogP contribution >= 0.6 is 0 Å². The molecule has 0 aliphatic rings. The molecule has 0 unspecified atom stereocenters. The van der Waals surface area contributed by atoms with Gasteiger partial charge in [-0.25, -0.2) is 0 Å². The van der Waals surface area contributed by atoms with Gasteiger partial charge in [0, 0.05) is 17.7 Å². The smallest absolute Gasteiger partial charge is 0.270 e. The predicted molar refractivity (Wildman–Crippen MR) is 81.7 cm³/mol. The second kappa shape index (κ2) is 6.00. The highest BCUT2D eigenvalue weighted by Gasteiger charge is 2.06. The molecule has 21 heavy (non-hydrogen) atoms. The van der Waals surface area contributed by atoms with Crippen molar-refractivity contribution in [2.45, 2.75) is 6.92 Å². The van der Waals surface area contributed by atoms with Gasteiger partial charge in [-0.3, -0.25) is 14.9 Å². The van der Waals surface area contributed by atoms with E-state index in [9.17, 15) is 14.9 Å². The van der Waals surface area contributed by atoms with Gasteiger partial charge < -0.3 is 5.73 Å². The SMILES string of the molecule is Cc1ccc([N+](=O)[O-])cc1/C=C/c1cccc(C(N)=O)c1. The molecule has 5 heteroatoms. The topological polar surface area (TPSA) is 86.2 Å². The summed E-state index contributed by atoms with van der Waals surface area (Å²) in [6.07, 6.45) is 3.57. The first kappa shape index (κ1) is 14.5. The first-order valence-electron chi connectivity index (χ1n) is 6.30. The maximum atomic E-state index is 11.1. The quantitative estimate of drug-likeness (QED) is 0.531. The Hall–Kier alpha value is -2.95. The van der Waals surface area contributed by atoms with Crippen LogP contribution in [-0.4, -0.2) is 10.8 Å². The summed E-state index contributed by atoms with van der Waals surface area (Å²) in [6, 6.07) is 11.6. The summed E-state index contributed by atoms with van der Waals surface area (Å²) in [5.41, 5.74) is 8.19. The summed E-state index contributed by atoms with van der Waals surface area (Å²) in [5.74, 6) is -0.489. The number of benzene rings is 2. The van der Waals surface area contributed by atoms with Crippen LogP contribution in [0.4, 0.5) is 5.69 Å². The third-order valence-electron chi connectivity index (χ3n) is 3.10. The third kappa shape index (κ3) is 3.54. The number of hydrogen-bond donors (Lipinski definition) is 1. The Labute approximate surface area is 121 Å². The minimum Gasteiger partial charge on any atom is -0.366 e. The molecule has 1 amide bonds. The van der Waals surface area contributed by atoms with Crippen LogP contribution in [0, 0.1) is 17.0 Å². The van der Waals surface area contributed by atoms with Crippen molar-refractivity contribution in [1.82, 2.24) is 0 Å². The molecule has 0 aromatic heterocycles. The van der Waals surface area contributed by atoms with Crippen LogP contribution in [-0.2, 0) is 0 Å². The van der Waals surface area contributed by atoms with Crippen LogP contribution in [0.2, 0.25) is 0 Å². The van der Waals surface area contributed by atoms with Crippen molar-refractivity contribution in [3.63, 3.8) is 0 Å². The summed E-state index contributed by atoms with van der Waals surface area (Å²) in [5, 5.41) is 10.8. The normalized spacial score (nSPS) is 10.7. The van der Waals surface area contributed by atoms with E-state index in [4.69, 9.17) is 5.73 Å². The molecule has 0 aliphatic heterocycles. The lowest BCUT2D eigenvalue weighted by molar-refractivity contribution is -0.384. The van der Waals surface area contributed by atoms with Crippen molar-refractivity contribution in [1.29, 1.82) is 0 Å². The molecular formula is C16H14N2O3. The van der Waals surface area contributed by atoms with Gasteiger partial charge in [0.1, 0.15) is 0 Å². The van der Waals surface area contributed by atoms with Crippen LogP contribution in [0.15, 0.2) is 42.5 Å². The number of nitrogens with zero attached hydrogens (tertiary/aromatic N) is 1. The Morgan fingerprint density at radius 3 is 2.62 bits per heavy atom. The van der Waals surface area contributed by atoms with Crippen molar-refractivity contribution in [3.8, 4) is 0 Å². The molecule has 0 saturated heterocycles. The molecule has 0 atom stereocenters. The van der Waals surface area contributed by atoms with E-state index in [0.717, 1.165) is 16.7 Å². The van der Waals surface area contributed by atoms with E-state index in [1.165, 1.54) is 12.1 Å². The van der Waals surface area contributed by atoms with E-state index >= 15 is 0 Å². The lowest BCUT2D eigenvalue weighted by Crippen LogP contribution is -2.10. The van der Waals surface area contributed by atoms with Gasteiger partial charge in [-0.1, -0.05) is 30.4 Å². The van der Waals surface area contributed by atoms with Gasteiger partial charge in [0.25, 0.3) is 5.69 Å². The molecule has 2 aromatic rings. The Morgan fingerprint density at radius 2 is 1.95 bits per heavy atom. The summed E-state index contributed by atoms with van der Waals surface area (Å²) in [7, 11) is 0. The first-order valence-corrected chi connectivity index (χ1v) is 6.30. The largest absolute Gasteiger partial charge is 0.366 e. The number of nitro benzene ring substituents is 1. The maximum absolute atomic E-state index is 11.1. The van der Waals surface area contributed by atoms with E-state index in [2.05, 4.69) is 0 Å². The van der Waals surface area contributed by atoms with Gasteiger partial charge in [0.05, 0.1) is 4.92 Å². The average Bonchev–Trinajstić information content (AvgIpc) is 2.46. The molecule has 0 spiro atoms. The number of amides is 1. The van der Waals surface area contributed by atoms with Gasteiger partial charge in [-0.05, 0) is 35.7 Å². The fourth-order valence-corrected chi connectivity index (χ4v) is 1.90. The van der Waals surface area contributed by atoms with Gasteiger partial charge in [-0.15, -0.1) is 0 Å². The number of aryl methyl sites for hydroxylation is 1. The number of carbonyl (C=O) groups excluding carboxylic acids is 1. The highest BCUT2D eigenvalue weighted by Crippen LogP contribution is 2.19. The Kier molecular flexibility index (Phi) is 4.13. The number of primary amides is 1. The van der Waals surface area contributed by atoms with Crippen molar-refractivity contribution >= 4 is 23.7 Å². The van der Waals surface area contributed by atoms with E-state index in [1.54, 1.807) is 36.4 Å². The molecule has 0 saturated carbocycles. The summed E-state index contributed by atoms with van der Waals surface area (Å²) >= 11 is 0. The Bertz CT molecular complexity index is 736. The average molecular weight is 282 g/mol. The monoisotopic (exact) mass is 282 g/mol. The van der Waals surface area contributed by atoms with Gasteiger partial charge in [0.2, 0.25) is 5.91 Å². The van der Waals surface area contributed by atoms with Crippen LogP contribution in [0.1, 0.15) is 27.0 Å². The van der Waals surface area contributed by atoms with Crippen molar-refractivity contribution < 1.29 is 9.72 Å². The van der Waals surface area contributed by atoms with Crippen LogP contribution in [0.5, 0.6) is 0 Å². The zero-order chi connectivity index (χ0) is 15.4. The van der Waals surface area contributed by atoms with Crippen LogP contribution in [0.25, 0.3) is 12.2 Å². The molecule has 0 radical (unpaired) electrons. The molecule has 0 bridgehead atoms. The minimum absolute atomic E-state index is 0.0473. The van der Waals surface area contributed by atoms with Crippen LogP contribution < -0.4 is 5.73 Å². The second-order valence-electron chi connectivity index (χ2n) is 4.62. The highest BCUT2D eigenvalue weighted by molar-refractivity contribution is 5.93. The molecule has 0 aliphatic carbocycles. The number of nitro groups is 1. The predicted octanol–water partition coefficient (Wildman–Crippen LogP) is 3.17. The Balaban J connectivity index is 2.33. The molecule has 106 valence electrons. The van der Waals surface area contributed by atoms with Gasteiger partial charge in [-0.2, -0.15) is 0 Å². The van der Waals surface area contributed by atoms with Crippen molar-refractivity contribution in [2.24, 2.45) is 5.73 Å². The number of rotatable bonds is 4. The maximum Gasteiger partial charge on any atom is 0.270 e. The van der Waals surface area contributed by atoms with Crippen molar-refractivity contribution in [2.75, 3.05) is 0 Å². The van der Waals surface area contributed by atoms with Gasteiger partial charge >= 0.3 is 0 Å².